The van der Waals surface area contributed by atoms with E-state index in [1.54, 1.807) is 64.0 Å². The van der Waals surface area contributed by atoms with Crippen molar-refractivity contribution in [3.63, 3.8) is 0 Å². The number of benzene rings is 2. The van der Waals surface area contributed by atoms with Crippen molar-refractivity contribution in [1.82, 2.24) is 5.16 Å². The zero-order valence-electron chi connectivity index (χ0n) is 15.4. The second-order valence-electron chi connectivity index (χ2n) is 5.56. The molecule has 0 amide bonds. The van der Waals surface area contributed by atoms with Crippen LogP contribution in [0.3, 0.4) is 0 Å². The Hall–Kier alpha value is -3.48. The summed E-state index contributed by atoms with van der Waals surface area (Å²) < 4.78 is 26.1. The fourth-order valence-corrected chi connectivity index (χ4v) is 2.77. The molecule has 2 aromatic carbocycles. The number of rotatable bonds is 6. The van der Waals surface area contributed by atoms with E-state index in [4.69, 9.17) is 23.5 Å². The van der Waals surface area contributed by atoms with Gasteiger partial charge in [0.1, 0.15) is 12.0 Å². The van der Waals surface area contributed by atoms with E-state index >= 15 is 0 Å². The number of esters is 1. The Morgan fingerprint density at radius 3 is 2.04 bits per heavy atom. The lowest BCUT2D eigenvalue weighted by Crippen LogP contribution is -2.00. The van der Waals surface area contributed by atoms with Crippen LogP contribution >= 0.6 is 0 Å². The first kappa shape index (κ1) is 18.3. The van der Waals surface area contributed by atoms with Crippen LogP contribution in [0.4, 0.5) is 0 Å². The lowest BCUT2D eigenvalue weighted by molar-refractivity contribution is 0.0601. The van der Waals surface area contributed by atoms with Gasteiger partial charge in [0, 0.05) is 11.1 Å². The summed E-state index contributed by atoms with van der Waals surface area (Å²) in [6.45, 7) is 0. The van der Waals surface area contributed by atoms with Crippen molar-refractivity contribution in [1.29, 1.82) is 0 Å². The molecule has 3 rings (SSSR count). The summed E-state index contributed by atoms with van der Waals surface area (Å²) in [6, 6.07) is 10.6. The number of carbonyl (C=O) groups is 1. The first-order valence-corrected chi connectivity index (χ1v) is 8.06. The van der Waals surface area contributed by atoms with E-state index in [2.05, 4.69) is 5.16 Å². The van der Waals surface area contributed by atoms with Crippen LogP contribution in [0.5, 0.6) is 17.2 Å². The lowest BCUT2D eigenvalue weighted by atomic mass is 10.00. The van der Waals surface area contributed by atoms with Crippen LogP contribution < -0.4 is 14.2 Å². The summed E-state index contributed by atoms with van der Waals surface area (Å²) in [5, 5.41) is 4.12. The highest BCUT2D eigenvalue weighted by molar-refractivity contribution is 5.90. The second-order valence-corrected chi connectivity index (χ2v) is 5.56. The smallest absolute Gasteiger partial charge is 0.337 e. The maximum Gasteiger partial charge on any atom is 0.337 e. The summed E-state index contributed by atoms with van der Waals surface area (Å²) in [4.78, 5) is 11.6. The molecule has 0 radical (unpaired) electrons. The Morgan fingerprint density at radius 2 is 1.52 bits per heavy atom. The molecular formula is C20H19NO6. The average molecular weight is 369 g/mol. The topological polar surface area (TPSA) is 80.0 Å². The van der Waals surface area contributed by atoms with Gasteiger partial charge in [-0.15, -0.1) is 0 Å². The van der Waals surface area contributed by atoms with E-state index in [0.717, 1.165) is 16.7 Å². The fourth-order valence-electron chi connectivity index (χ4n) is 2.77. The maximum absolute atomic E-state index is 11.6. The Morgan fingerprint density at radius 1 is 0.889 bits per heavy atom. The molecule has 1 aromatic heterocycles. The number of methoxy groups -OCH3 is 4. The van der Waals surface area contributed by atoms with Gasteiger partial charge in [0.05, 0.1) is 34.0 Å². The minimum atomic E-state index is -0.392. The van der Waals surface area contributed by atoms with Crippen LogP contribution in [0, 0.1) is 0 Å². The quantitative estimate of drug-likeness (QED) is 0.611. The van der Waals surface area contributed by atoms with Gasteiger partial charge in [-0.1, -0.05) is 17.3 Å². The number of carbonyl (C=O) groups excluding carboxylic acids is 1. The van der Waals surface area contributed by atoms with Crippen LogP contribution in [-0.2, 0) is 4.74 Å². The van der Waals surface area contributed by atoms with Crippen LogP contribution in [0.15, 0.2) is 47.2 Å². The molecule has 7 nitrogen and oxygen atoms in total. The number of hydrogen-bond acceptors (Lipinski definition) is 7. The molecule has 0 saturated heterocycles. The number of ether oxygens (including phenoxy) is 4. The summed E-state index contributed by atoms with van der Waals surface area (Å²) in [6.07, 6.45) is 1.55. The molecule has 0 fully saturated rings. The molecule has 0 aliphatic rings. The number of hydrogen-bond donors (Lipinski definition) is 0. The predicted octanol–water partition coefficient (Wildman–Crippen LogP) is 3.82. The molecule has 0 atom stereocenters. The minimum absolute atomic E-state index is 0.392. The van der Waals surface area contributed by atoms with E-state index in [-0.39, 0.29) is 0 Å². The molecule has 1 heterocycles. The lowest BCUT2D eigenvalue weighted by Gasteiger charge is -2.13. The van der Waals surface area contributed by atoms with Gasteiger partial charge in [0.2, 0.25) is 5.75 Å². The van der Waals surface area contributed by atoms with Crippen molar-refractivity contribution in [3.05, 3.63) is 48.2 Å². The van der Waals surface area contributed by atoms with Gasteiger partial charge >= 0.3 is 5.97 Å². The van der Waals surface area contributed by atoms with E-state index in [9.17, 15) is 4.79 Å². The van der Waals surface area contributed by atoms with Crippen molar-refractivity contribution in [2.75, 3.05) is 28.4 Å². The van der Waals surface area contributed by atoms with Gasteiger partial charge in [-0.25, -0.2) is 4.79 Å². The molecular weight excluding hydrogens is 350 g/mol. The van der Waals surface area contributed by atoms with Crippen LogP contribution in [0.1, 0.15) is 10.4 Å². The van der Waals surface area contributed by atoms with E-state index < -0.39 is 5.97 Å². The van der Waals surface area contributed by atoms with Crippen molar-refractivity contribution in [3.8, 4) is 39.6 Å². The Kier molecular flexibility index (Phi) is 5.30. The predicted molar refractivity (Wildman–Crippen MR) is 98.4 cm³/mol. The summed E-state index contributed by atoms with van der Waals surface area (Å²) in [7, 11) is 6.00. The highest BCUT2D eigenvalue weighted by Gasteiger charge is 2.19. The molecule has 140 valence electrons. The molecule has 7 heteroatoms. The van der Waals surface area contributed by atoms with E-state index in [1.165, 1.54) is 7.11 Å². The van der Waals surface area contributed by atoms with Crippen molar-refractivity contribution in [2.24, 2.45) is 0 Å². The standard InChI is InChI=1S/C20H19NO6/c1-23-16-9-14(10-17(24-2)19(16)25-3)18-15(11-27-21-18)12-5-7-13(8-6-12)20(22)26-4/h5-11H,1-4H3. The number of aromatic nitrogens is 1. The third kappa shape index (κ3) is 3.44. The van der Waals surface area contributed by atoms with Gasteiger partial charge in [-0.05, 0) is 29.8 Å². The first-order valence-electron chi connectivity index (χ1n) is 8.06. The molecule has 3 aromatic rings. The molecule has 0 saturated carbocycles. The third-order valence-corrected chi connectivity index (χ3v) is 4.12. The van der Waals surface area contributed by atoms with Crippen LogP contribution in [0.2, 0.25) is 0 Å². The van der Waals surface area contributed by atoms with Gasteiger partial charge < -0.3 is 23.5 Å². The minimum Gasteiger partial charge on any atom is -0.493 e. The van der Waals surface area contributed by atoms with Crippen molar-refractivity contribution >= 4 is 5.97 Å². The molecule has 0 spiro atoms. The first-order chi connectivity index (χ1) is 13.1. The van der Waals surface area contributed by atoms with E-state index in [1.807, 2.05) is 0 Å². The summed E-state index contributed by atoms with van der Waals surface area (Å²) in [5.74, 6) is 1.14. The molecule has 0 bridgehead atoms. The zero-order chi connectivity index (χ0) is 19.4. The average Bonchev–Trinajstić information content (AvgIpc) is 3.21. The summed E-state index contributed by atoms with van der Waals surface area (Å²) in [5.41, 5.74) is 3.42. The monoisotopic (exact) mass is 369 g/mol. The van der Waals surface area contributed by atoms with Crippen LogP contribution in [0.25, 0.3) is 22.4 Å². The SMILES string of the molecule is COC(=O)c1ccc(-c2conc2-c2cc(OC)c(OC)c(OC)c2)cc1. The van der Waals surface area contributed by atoms with Gasteiger partial charge in [-0.2, -0.15) is 0 Å². The highest BCUT2D eigenvalue weighted by Crippen LogP contribution is 2.42. The zero-order valence-corrected chi connectivity index (χ0v) is 15.4. The molecule has 0 aliphatic carbocycles. The maximum atomic E-state index is 11.6. The third-order valence-electron chi connectivity index (χ3n) is 4.12. The van der Waals surface area contributed by atoms with Gasteiger partial charge in [0.15, 0.2) is 11.5 Å². The normalized spacial score (nSPS) is 10.4. The van der Waals surface area contributed by atoms with Gasteiger partial charge in [0.25, 0.3) is 0 Å². The summed E-state index contributed by atoms with van der Waals surface area (Å²) >= 11 is 0. The largest absolute Gasteiger partial charge is 0.493 e. The van der Waals surface area contributed by atoms with Gasteiger partial charge in [-0.3, -0.25) is 0 Å². The number of nitrogens with zero attached hydrogens (tertiary/aromatic N) is 1. The highest BCUT2D eigenvalue weighted by atomic mass is 16.5. The molecule has 0 aliphatic heterocycles. The van der Waals surface area contributed by atoms with Crippen LogP contribution in [-0.4, -0.2) is 39.6 Å². The Bertz CT molecular complexity index is 920. The molecule has 27 heavy (non-hydrogen) atoms. The van der Waals surface area contributed by atoms with Crippen molar-refractivity contribution in [2.45, 2.75) is 0 Å². The fraction of sp³-hybridized carbons (Fsp3) is 0.200. The van der Waals surface area contributed by atoms with Crippen molar-refractivity contribution < 1.29 is 28.3 Å². The molecule has 0 N–H and O–H groups in total. The Balaban J connectivity index is 2.06. The van der Waals surface area contributed by atoms with E-state index in [0.29, 0.717) is 28.5 Å². The second kappa shape index (κ2) is 7.82. The molecule has 0 unspecified atom stereocenters. The Labute approximate surface area is 156 Å².